The molecule has 0 atom stereocenters. The van der Waals surface area contributed by atoms with Gasteiger partial charge in [0.15, 0.2) is 17.5 Å². The van der Waals surface area contributed by atoms with Crippen molar-refractivity contribution in [2.45, 2.75) is 0 Å². The Morgan fingerprint density at radius 2 is 0.821 bits per heavy atom. The van der Waals surface area contributed by atoms with Gasteiger partial charge in [0.05, 0.1) is 27.6 Å². The summed E-state index contributed by atoms with van der Waals surface area (Å²) in [5.41, 5.74) is 12.3. The van der Waals surface area contributed by atoms with Crippen molar-refractivity contribution < 1.29 is 0 Å². The highest BCUT2D eigenvalue weighted by Crippen LogP contribution is 2.47. The lowest BCUT2D eigenvalue weighted by atomic mass is 9.99. The lowest BCUT2D eigenvalue weighted by Gasteiger charge is -2.10. The number of nitrogens with zero attached hydrogens (tertiary/aromatic N) is 5. The molecule has 0 fully saturated rings. The van der Waals surface area contributed by atoms with Crippen LogP contribution in [0.4, 0.5) is 0 Å². The van der Waals surface area contributed by atoms with Gasteiger partial charge in [0.2, 0.25) is 0 Å². The largest absolute Gasteiger partial charge is 0.309 e. The molecular formula is C51H31N5. The van der Waals surface area contributed by atoms with E-state index in [1.807, 2.05) is 60.7 Å². The maximum atomic E-state index is 5.03. The van der Waals surface area contributed by atoms with E-state index < -0.39 is 0 Å². The normalized spacial score (nSPS) is 11.9. The Hall–Kier alpha value is -7.63. The van der Waals surface area contributed by atoms with Gasteiger partial charge < -0.3 is 8.97 Å². The van der Waals surface area contributed by atoms with Crippen LogP contribution < -0.4 is 0 Å². The lowest BCUT2D eigenvalue weighted by molar-refractivity contribution is 1.07. The zero-order valence-corrected chi connectivity index (χ0v) is 30.1. The molecule has 0 radical (unpaired) electrons. The van der Waals surface area contributed by atoms with Crippen molar-refractivity contribution in [3.8, 4) is 51.0 Å². The molecule has 0 aliphatic rings. The molecule has 0 aliphatic carbocycles. The first kappa shape index (κ1) is 30.8. The van der Waals surface area contributed by atoms with E-state index in [1.54, 1.807) is 0 Å². The van der Waals surface area contributed by atoms with Crippen molar-refractivity contribution in [1.29, 1.82) is 0 Å². The Kier molecular flexibility index (Phi) is 6.56. The summed E-state index contributed by atoms with van der Waals surface area (Å²) < 4.78 is 4.93. The van der Waals surface area contributed by atoms with E-state index in [0.29, 0.717) is 17.5 Å². The fraction of sp³-hybridized carbons (Fsp3) is 0. The van der Waals surface area contributed by atoms with E-state index in [1.165, 1.54) is 59.9 Å². The Bertz CT molecular complexity index is 3400. The minimum absolute atomic E-state index is 0.641. The Morgan fingerprint density at radius 3 is 1.52 bits per heavy atom. The molecule has 12 aromatic rings. The van der Waals surface area contributed by atoms with Gasteiger partial charge in [-0.25, -0.2) is 15.0 Å². The highest BCUT2D eigenvalue weighted by atomic mass is 15.0. The Balaban J connectivity index is 1.11. The molecule has 0 N–H and O–H groups in total. The van der Waals surface area contributed by atoms with E-state index in [4.69, 9.17) is 15.0 Å². The van der Waals surface area contributed by atoms with Gasteiger partial charge in [-0.3, -0.25) is 0 Å². The third-order valence-electron chi connectivity index (χ3n) is 11.3. The van der Waals surface area contributed by atoms with Crippen LogP contribution in [0.15, 0.2) is 188 Å². The number of benzene rings is 8. The van der Waals surface area contributed by atoms with Crippen LogP contribution in [0.3, 0.4) is 0 Å². The first-order valence-electron chi connectivity index (χ1n) is 19.0. The van der Waals surface area contributed by atoms with Crippen molar-refractivity contribution in [2.24, 2.45) is 0 Å². The summed E-state index contributed by atoms with van der Waals surface area (Å²) in [7, 11) is 0. The highest BCUT2D eigenvalue weighted by molar-refractivity contribution is 6.34. The van der Waals surface area contributed by atoms with Gasteiger partial charge in [0, 0.05) is 54.7 Å². The molecule has 260 valence electrons. The second kappa shape index (κ2) is 11.9. The van der Waals surface area contributed by atoms with Crippen molar-refractivity contribution in [2.75, 3.05) is 0 Å². The van der Waals surface area contributed by atoms with Crippen molar-refractivity contribution in [3.05, 3.63) is 188 Å². The van der Waals surface area contributed by atoms with Crippen LogP contribution in [0.25, 0.3) is 111 Å². The first-order chi connectivity index (χ1) is 27.8. The lowest BCUT2D eigenvalue weighted by Crippen LogP contribution is -2.00. The minimum Gasteiger partial charge on any atom is -0.309 e. The Morgan fingerprint density at radius 1 is 0.304 bits per heavy atom. The highest BCUT2D eigenvalue weighted by Gasteiger charge is 2.24. The van der Waals surface area contributed by atoms with Gasteiger partial charge in [-0.2, -0.15) is 0 Å². The molecule has 0 spiro atoms. The van der Waals surface area contributed by atoms with E-state index in [0.717, 1.165) is 33.5 Å². The number of hydrogen-bond donors (Lipinski definition) is 0. The summed E-state index contributed by atoms with van der Waals surface area (Å²) >= 11 is 0. The van der Waals surface area contributed by atoms with E-state index in [2.05, 4.69) is 136 Å². The summed E-state index contributed by atoms with van der Waals surface area (Å²) in [5.74, 6) is 1.94. The summed E-state index contributed by atoms with van der Waals surface area (Å²) in [6.07, 6.45) is 0. The number of aromatic nitrogens is 5. The van der Waals surface area contributed by atoms with Gasteiger partial charge in [-0.05, 0) is 59.7 Å². The Labute approximate surface area is 321 Å². The van der Waals surface area contributed by atoms with Crippen LogP contribution in [0.2, 0.25) is 0 Å². The van der Waals surface area contributed by atoms with Crippen molar-refractivity contribution in [1.82, 2.24) is 23.9 Å². The fourth-order valence-electron chi connectivity index (χ4n) is 8.81. The van der Waals surface area contributed by atoms with Crippen LogP contribution in [0.5, 0.6) is 0 Å². The smallest absolute Gasteiger partial charge is 0.164 e. The molecular weight excluding hydrogens is 683 g/mol. The fourth-order valence-corrected chi connectivity index (χ4v) is 8.81. The van der Waals surface area contributed by atoms with Crippen LogP contribution in [0, 0.1) is 0 Å². The summed E-state index contributed by atoms with van der Waals surface area (Å²) in [6.45, 7) is 0. The molecule has 0 aliphatic heterocycles. The average Bonchev–Trinajstić information content (AvgIpc) is 3.91. The van der Waals surface area contributed by atoms with Crippen molar-refractivity contribution >= 4 is 59.9 Å². The molecule has 4 heterocycles. The molecule has 0 unspecified atom stereocenters. The standard InChI is InChI=1S/C51H31N5/c1-4-15-32(16-5-1)49-52-50(33-17-6-2-7-18-33)54-51(53-49)36-20-14-19-34(29-36)35-27-28-45-40(30-35)42-31-41-38-23-10-12-25-43(38)56-44-26-13-11-24-39(44)46(48(41)56)47(42)55(45)37-21-8-3-9-22-37/h1-31H. The second-order valence-electron chi connectivity index (χ2n) is 14.4. The number of hydrogen-bond acceptors (Lipinski definition) is 3. The maximum absolute atomic E-state index is 5.03. The molecule has 4 aromatic heterocycles. The molecule has 0 saturated carbocycles. The predicted octanol–water partition coefficient (Wildman–Crippen LogP) is 12.8. The van der Waals surface area contributed by atoms with Crippen LogP contribution in [0.1, 0.15) is 0 Å². The summed E-state index contributed by atoms with van der Waals surface area (Å²) in [6, 6.07) is 66.6. The van der Waals surface area contributed by atoms with Gasteiger partial charge >= 0.3 is 0 Å². The van der Waals surface area contributed by atoms with E-state index in [9.17, 15) is 0 Å². The third kappa shape index (κ3) is 4.52. The summed E-state index contributed by atoms with van der Waals surface area (Å²) in [4.78, 5) is 15.0. The summed E-state index contributed by atoms with van der Waals surface area (Å²) in [5, 5.41) is 7.54. The minimum atomic E-state index is 0.641. The van der Waals surface area contributed by atoms with E-state index in [-0.39, 0.29) is 0 Å². The zero-order chi connectivity index (χ0) is 36.7. The predicted molar refractivity (Wildman–Crippen MR) is 231 cm³/mol. The third-order valence-corrected chi connectivity index (χ3v) is 11.3. The van der Waals surface area contributed by atoms with Crippen LogP contribution in [-0.4, -0.2) is 23.9 Å². The monoisotopic (exact) mass is 713 g/mol. The maximum Gasteiger partial charge on any atom is 0.164 e. The van der Waals surface area contributed by atoms with Gasteiger partial charge in [-0.1, -0.05) is 140 Å². The molecule has 0 bridgehead atoms. The zero-order valence-electron chi connectivity index (χ0n) is 30.1. The molecule has 5 heteroatoms. The molecule has 8 aromatic carbocycles. The second-order valence-corrected chi connectivity index (χ2v) is 14.4. The van der Waals surface area contributed by atoms with Gasteiger partial charge in [-0.15, -0.1) is 0 Å². The van der Waals surface area contributed by atoms with Gasteiger partial charge in [0.25, 0.3) is 0 Å². The van der Waals surface area contributed by atoms with Gasteiger partial charge in [0.1, 0.15) is 0 Å². The van der Waals surface area contributed by atoms with Crippen LogP contribution in [-0.2, 0) is 0 Å². The average molecular weight is 714 g/mol. The molecule has 5 nitrogen and oxygen atoms in total. The molecule has 0 amide bonds. The topological polar surface area (TPSA) is 48.0 Å². The molecule has 56 heavy (non-hydrogen) atoms. The quantitative estimate of drug-likeness (QED) is 0.178. The SMILES string of the molecule is c1ccc(-c2nc(-c3ccccc3)nc(-c3cccc(-c4ccc5c(c4)c4cc6c7ccccc7n7c8ccccc8c(c4n5-c4ccccc4)c67)c3)n2)cc1. The van der Waals surface area contributed by atoms with Crippen LogP contribution >= 0.6 is 0 Å². The number of rotatable bonds is 5. The number of fused-ring (bicyclic) bond motifs is 10. The first-order valence-corrected chi connectivity index (χ1v) is 19.0. The van der Waals surface area contributed by atoms with E-state index >= 15 is 0 Å². The number of para-hydroxylation sites is 3. The molecule has 12 rings (SSSR count). The van der Waals surface area contributed by atoms with Crippen molar-refractivity contribution in [3.63, 3.8) is 0 Å². The molecule has 0 saturated heterocycles.